The standard InChI is InChI=1S/C9H11N6O2/c1-6-5-7(16)12-8(11-6)13-14-9-10-3-2-4-15(9)17/h2-3,5,17H,4H2,1H3,(H2,11,12,13,16). The van der Waals surface area contributed by atoms with Gasteiger partial charge in [-0.05, 0) is 13.0 Å². The number of hydroxylamine groups is 2. The molecular weight excluding hydrogens is 224 g/mol. The second-order valence-electron chi connectivity index (χ2n) is 3.31. The van der Waals surface area contributed by atoms with Crippen LogP contribution in [0.5, 0.6) is 5.88 Å². The molecule has 0 aromatic carbocycles. The van der Waals surface area contributed by atoms with Gasteiger partial charge in [0.2, 0.25) is 11.8 Å². The van der Waals surface area contributed by atoms with Gasteiger partial charge < -0.3 is 5.11 Å². The second kappa shape index (κ2) is 4.66. The predicted molar refractivity (Wildman–Crippen MR) is 59.3 cm³/mol. The van der Waals surface area contributed by atoms with Gasteiger partial charge in [-0.15, -0.1) is 5.43 Å². The van der Waals surface area contributed by atoms with E-state index in [1.165, 1.54) is 12.3 Å². The summed E-state index contributed by atoms with van der Waals surface area (Å²) >= 11 is 0. The maximum Gasteiger partial charge on any atom is 0.267 e. The van der Waals surface area contributed by atoms with Gasteiger partial charge in [0.25, 0.3) is 5.96 Å². The van der Waals surface area contributed by atoms with Crippen LogP contribution in [0.25, 0.3) is 0 Å². The van der Waals surface area contributed by atoms with Crippen molar-refractivity contribution in [1.82, 2.24) is 20.5 Å². The molecule has 8 heteroatoms. The van der Waals surface area contributed by atoms with Gasteiger partial charge >= 0.3 is 0 Å². The van der Waals surface area contributed by atoms with Gasteiger partial charge in [-0.1, -0.05) is 0 Å². The average molecular weight is 235 g/mol. The SMILES string of the molecule is Cc1cc(O)nc(N[N]C2=NC=CCN2O)n1. The van der Waals surface area contributed by atoms with Crippen LogP contribution in [0, 0.1) is 6.92 Å². The van der Waals surface area contributed by atoms with Crippen molar-refractivity contribution in [3.8, 4) is 5.88 Å². The number of aliphatic imine (C=N–C) groups is 1. The fraction of sp³-hybridized carbons (Fsp3) is 0.222. The van der Waals surface area contributed by atoms with Crippen LogP contribution in [0.15, 0.2) is 23.3 Å². The molecule has 89 valence electrons. The summed E-state index contributed by atoms with van der Waals surface area (Å²) in [5.41, 5.74) is 6.91. The van der Waals surface area contributed by atoms with Crippen LogP contribution >= 0.6 is 0 Å². The van der Waals surface area contributed by atoms with Gasteiger partial charge in [-0.3, -0.25) is 5.21 Å². The van der Waals surface area contributed by atoms with Crippen molar-refractivity contribution in [3.05, 3.63) is 24.0 Å². The summed E-state index contributed by atoms with van der Waals surface area (Å²) in [5, 5.41) is 19.5. The summed E-state index contributed by atoms with van der Waals surface area (Å²) in [6.45, 7) is 2.02. The molecule has 1 aromatic heterocycles. The number of rotatable bonds is 2. The Labute approximate surface area is 97.3 Å². The molecule has 0 saturated carbocycles. The van der Waals surface area contributed by atoms with E-state index in [-0.39, 0.29) is 17.8 Å². The lowest BCUT2D eigenvalue weighted by molar-refractivity contribution is -0.00818. The maximum atomic E-state index is 9.38. The zero-order valence-electron chi connectivity index (χ0n) is 9.07. The molecular formula is C9H11N6O2. The number of hydrogen-bond acceptors (Lipinski definition) is 7. The van der Waals surface area contributed by atoms with Crippen LogP contribution in [0.4, 0.5) is 5.95 Å². The predicted octanol–water partition coefficient (Wildman–Crippen LogP) is -0.00358. The summed E-state index contributed by atoms with van der Waals surface area (Å²) in [7, 11) is 0. The van der Waals surface area contributed by atoms with Gasteiger partial charge in [0.05, 0.1) is 6.54 Å². The molecule has 0 amide bonds. The minimum absolute atomic E-state index is 0.0945. The first-order chi connectivity index (χ1) is 8.15. The molecule has 1 aliphatic heterocycles. The smallest absolute Gasteiger partial charge is 0.267 e. The van der Waals surface area contributed by atoms with Crippen molar-refractivity contribution < 1.29 is 10.3 Å². The van der Waals surface area contributed by atoms with Crippen LogP contribution in [0.2, 0.25) is 0 Å². The van der Waals surface area contributed by atoms with Crippen LogP contribution in [0.3, 0.4) is 0 Å². The number of aromatic hydroxyl groups is 1. The first-order valence-corrected chi connectivity index (χ1v) is 4.86. The minimum Gasteiger partial charge on any atom is -0.493 e. The summed E-state index contributed by atoms with van der Waals surface area (Å²) in [4.78, 5) is 11.5. The molecule has 17 heavy (non-hydrogen) atoms. The molecule has 1 aromatic rings. The second-order valence-corrected chi connectivity index (χ2v) is 3.31. The molecule has 8 nitrogen and oxygen atoms in total. The molecule has 2 rings (SSSR count). The number of aryl methyl sites for hydroxylation is 1. The van der Waals surface area contributed by atoms with Crippen LogP contribution in [-0.2, 0) is 0 Å². The molecule has 1 radical (unpaired) electrons. The van der Waals surface area contributed by atoms with Gasteiger partial charge in [-0.2, -0.15) is 4.98 Å². The summed E-state index contributed by atoms with van der Waals surface area (Å²) in [5.74, 6) is 0.0757. The van der Waals surface area contributed by atoms with Crippen LogP contribution in [-0.4, -0.2) is 37.8 Å². The number of guanidine groups is 1. The van der Waals surface area contributed by atoms with Crippen molar-refractivity contribution in [1.29, 1.82) is 0 Å². The normalized spacial score (nSPS) is 14.5. The van der Waals surface area contributed by atoms with E-state index >= 15 is 0 Å². The highest BCUT2D eigenvalue weighted by Gasteiger charge is 2.12. The zero-order chi connectivity index (χ0) is 12.3. The number of anilines is 1. The zero-order valence-corrected chi connectivity index (χ0v) is 9.07. The van der Waals surface area contributed by atoms with E-state index < -0.39 is 0 Å². The third-order valence-electron chi connectivity index (χ3n) is 1.90. The van der Waals surface area contributed by atoms with Gasteiger partial charge in [0.1, 0.15) is 0 Å². The Morgan fingerprint density at radius 1 is 1.47 bits per heavy atom. The fourth-order valence-electron chi connectivity index (χ4n) is 1.20. The minimum atomic E-state index is -0.151. The van der Waals surface area contributed by atoms with E-state index in [4.69, 9.17) is 0 Å². The Bertz CT molecular complexity index is 452. The number of hydrogen-bond donors (Lipinski definition) is 3. The van der Waals surface area contributed by atoms with Gasteiger partial charge in [0.15, 0.2) is 0 Å². The largest absolute Gasteiger partial charge is 0.493 e. The molecule has 0 saturated heterocycles. The Morgan fingerprint density at radius 3 is 3.00 bits per heavy atom. The lowest BCUT2D eigenvalue weighted by atomic mass is 10.4. The first-order valence-electron chi connectivity index (χ1n) is 4.86. The Kier molecular flexibility index (Phi) is 3.06. The van der Waals surface area contributed by atoms with E-state index in [2.05, 4.69) is 25.8 Å². The topological polar surface area (TPSA) is 108 Å². The molecule has 0 atom stereocenters. The number of nitrogens with zero attached hydrogens (tertiary/aromatic N) is 5. The quantitative estimate of drug-likeness (QED) is 0.622. The third kappa shape index (κ3) is 2.82. The van der Waals surface area contributed by atoms with E-state index in [9.17, 15) is 10.3 Å². The van der Waals surface area contributed by atoms with Crippen molar-refractivity contribution in [2.45, 2.75) is 6.92 Å². The fourth-order valence-corrected chi connectivity index (χ4v) is 1.20. The highest BCUT2D eigenvalue weighted by atomic mass is 16.5. The lowest BCUT2D eigenvalue weighted by Crippen LogP contribution is -2.38. The van der Waals surface area contributed by atoms with Crippen LogP contribution in [0.1, 0.15) is 5.69 Å². The third-order valence-corrected chi connectivity index (χ3v) is 1.90. The van der Waals surface area contributed by atoms with Gasteiger partial charge in [0, 0.05) is 18.0 Å². The Morgan fingerprint density at radius 2 is 2.29 bits per heavy atom. The van der Waals surface area contributed by atoms with E-state index in [0.717, 1.165) is 5.06 Å². The molecule has 0 bridgehead atoms. The monoisotopic (exact) mass is 235 g/mol. The van der Waals surface area contributed by atoms with E-state index in [0.29, 0.717) is 12.2 Å². The highest BCUT2D eigenvalue weighted by molar-refractivity contribution is 5.80. The molecule has 0 spiro atoms. The Balaban J connectivity index is 2.02. The molecule has 3 N–H and O–H groups in total. The summed E-state index contributed by atoms with van der Waals surface area (Å²) in [6, 6.07) is 1.42. The van der Waals surface area contributed by atoms with E-state index in [1.807, 2.05) is 0 Å². The maximum absolute atomic E-state index is 9.38. The van der Waals surface area contributed by atoms with Gasteiger partial charge in [-0.25, -0.2) is 20.5 Å². The van der Waals surface area contributed by atoms with Crippen molar-refractivity contribution in [2.75, 3.05) is 12.0 Å². The lowest BCUT2D eigenvalue weighted by Gasteiger charge is -2.18. The summed E-state index contributed by atoms with van der Waals surface area (Å²) in [6.07, 6.45) is 3.20. The molecule has 2 heterocycles. The molecule has 1 aliphatic rings. The molecule has 0 aliphatic carbocycles. The first kappa shape index (κ1) is 11.1. The summed E-state index contributed by atoms with van der Waals surface area (Å²) < 4.78 is 0. The van der Waals surface area contributed by atoms with Crippen LogP contribution < -0.4 is 10.9 Å². The van der Waals surface area contributed by atoms with E-state index in [1.54, 1.807) is 13.0 Å². The Hall–Kier alpha value is -2.35. The molecule has 0 unspecified atom stereocenters. The average Bonchev–Trinajstić information content (AvgIpc) is 2.27. The highest BCUT2D eigenvalue weighted by Crippen LogP contribution is 2.09. The number of nitrogens with one attached hydrogen (secondary N) is 1. The molecule has 0 fully saturated rings. The number of aromatic nitrogens is 2. The van der Waals surface area contributed by atoms with Crippen molar-refractivity contribution >= 4 is 11.9 Å². The van der Waals surface area contributed by atoms with Crippen molar-refractivity contribution in [3.63, 3.8) is 0 Å². The van der Waals surface area contributed by atoms with Crippen molar-refractivity contribution in [2.24, 2.45) is 4.99 Å².